The first-order valence-corrected chi connectivity index (χ1v) is 5.60. The number of benzene rings is 1. The number of ether oxygens (including phenoxy) is 2. The predicted octanol–water partition coefficient (Wildman–Crippen LogP) is 1.48. The molecule has 1 aromatic carbocycles. The van der Waals surface area contributed by atoms with Crippen molar-refractivity contribution in [3.8, 4) is 5.75 Å². The molecule has 1 aromatic rings. The standard InChI is InChI=1S/C13H15NO3/c1-2-16-13(15)11(14)7-9-3-4-10-5-6-17-12(10)8-9/h3-4,7-8H,2,5-6,14H2,1H3/b11-7-. The molecule has 0 aromatic heterocycles. The molecule has 17 heavy (non-hydrogen) atoms. The van der Waals surface area contributed by atoms with Gasteiger partial charge in [0.2, 0.25) is 0 Å². The van der Waals surface area contributed by atoms with E-state index < -0.39 is 5.97 Å². The van der Waals surface area contributed by atoms with E-state index in [1.807, 2.05) is 18.2 Å². The molecule has 0 amide bonds. The number of esters is 1. The van der Waals surface area contributed by atoms with Crippen molar-refractivity contribution in [2.24, 2.45) is 5.73 Å². The topological polar surface area (TPSA) is 61.5 Å². The van der Waals surface area contributed by atoms with Crippen LogP contribution in [0.2, 0.25) is 0 Å². The maximum atomic E-state index is 11.3. The maximum absolute atomic E-state index is 11.3. The van der Waals surface area contributed by atoms with E-state index in [1.165, 1.54) is 5.56 Å². The van der Waals surface area contributed by atoms with Crippen LogP contribution in [0, 0.1) is 0 Å². The van der Waals surface area contributed by atoms with Gasteiger partial charge in [0, 0.05) is 6.42 Å². The summed E-state index contributed by atoms with van der Waals surface area (Å²) in [7, 11) is 0. The van der Waals surface area contributed by atoms with Crippen molar-refractivity contribution >= 4 is 12.0 Å². The van der Waals surface area contributed by atoms with Crippen LogP contribution >= 0.6 is 0 Å². The second-order valence-corrected chi connectivity index (χ2v) is 3.79. The molecule has 0 radical (unpaired) electrons. The van der Waals surface area contributed by atoms with Crippen LogP contribution in [0.15, 0.2) is 23.9 Å². The summed E-state index contributed by atoms with van der Waals surface area (Å²) in [5, 5.41) is 0. The molecule has 0 atom stereocenters. The van der Waals surface area contributed by atoms with Crippen LogP contribution in [-0.4, -0.2) is 19.2 Å². The average Bonchev–Trinajstić information content (AvgIpc) is 2.76. The Morgan fingerprint density at radius 1 is 1.59 bits per heavy atom. The molecule has 0 saturated carbocycles. The summed E-state index contributed by atoms with van der Waals surface area (Å²) in [4.78, 5) is 11.3. The van der Waals surface area contributed by atoms with E-state index in [0.717, 1.165) is 24.3 Å². The second kappa shape index (κ2) is 4.91. The molecule has 0 bridgehead atoms. The highest BCUT2D eigenvalue weighted by molar-refractivity contribution is 5.92. The average molecular weight is 233 g/mol. The molecular formula is C13H15NO3. The zero-order chi connectivity index (χ0) is 12.3. The zero-order valence-electron chi connectivity index (χ0n) is 9.73. The van der Waals surface area contributed by atoms with Crippen LogP contribution in [-0.2, 0) is 16.0 Å². The maximum Gasteiger partial charge on any atom is 0.354 e. The van der Waals surface area contributed by atoms with Crippen LogP contribution < -0.4 is 10.5 Å². The Kier molecular flexibility index (Phi) is 3.32. The van der Waals surface area contributed by atoms with Gasteiger partial charge in [0.1, 0.15) is 11.4 Å². The van der Waals surface area contributed by atoms with Crippen molar-refractivity contribution in [1.29, 1.82) is 0 Å². The minimum Gasteiger partial charge on any atom is -0.493 e. The summed E-state index contributed by atoms with van der Waals surface area (Å²) in [6.07, 6.45) is 2.53. The lowest BCUT2D eigenvalue weighted by atomic mass is 10.1. The van der Waals surface area contributed by atoms with E-state index in [1.54, 1.807) is 13.0 Å². The number of fused-ring (bicyclic) bond motifs is 1. The molecule has 0 aliphatic carbocycles. The van der Waals surface area contributed by atoms with Crippen LogP contribution in [0.3, 0.4) is 0 Å². The molecule has 90 valence electrons. The summed E-state index contributed by atoms with van der Waals surface area (Å²) in [6.45, 7) is 2.78. The van der Waals surface area contributed by atoms with Crippen molar-refractivity contribution in [2.75, 3.05) is 13.2 Å². The summed E-state index contributed by atoms with van der Waals surface area (Å²) in [5.74, 6) is 0.379. The molecule has 0 spiro atoms. The number of carbonyl (C=O) groups excluding carboxylic acids is 1. The van der Waals surface area contributed by atoms with Crippen molar-refractivity contribution < 1.29 is 14.3 Å². The second-order valence-electron chi connectivity index (χ2n) is 3.79. The monoisotopic (exact) mass is 233 g/mol. The van der Waals surface area contributed by atoms with Crippen LogP contribution in [0.25, 0.3) is 6.08 Å². The van der Waals surface area contributed by atoms with Gasteiger partial charge in [0.15, 0.2) is 0 Å². The minimum atomic E-state index is -0.492. The lowest BCUT2D eigenvalue weighted by molar-refractivity contribution is -0.138. The highest BCUT2D eigenvalue weighted by Gasteiger charge is 2.12. The fraction of sp³-hybridized carbons (Fsp3) is 0.308. The zero-order valence-corrected chi connectivity index (χ0v) is 9.73. The number of carbonyl (C=O) groups is 1. The number of nitrogens with two attached hydrogens (primary N) is 1. The van der Waals surface area contributed by atoms with E-state index in [0.29, 0.717) is 6.61 Å². The Morgan fingerprint density at radius 2 is 2.41 bits per heavy atom. The smallest absolute Gasteiger partial charge is 0.354 e. The molecule has 1 aliphatic rings. The lowest BCUT2D eigenvalue weighted by Crippen LogP contribution is -2.14. The highest BCUT2D eigenvalue weighted by atomic mass is 16.5. The van der Waals surface area contributed by atoms with E-state index in [2.05, 4.69) is 0 Å². The first-order valence-electron chi connectivity index (χ1n) is 5.60. The summed E-state index contributed by atoms with van der Waals surface area (Å²) < 4.78 is 10.2. The number of hydrogen-bond acceptors (Lipinski definition) is 4. The summed E-state index contributed by atoms with van der Waals surface area (Å²) in [6, 6.07) is 5.79. The Bertz CT molecular complexity index is 466. The van der Waals surface area contributed by atoms with E-state index in [-0.39, 0.29) is 5.70 Å². The van der Waals surface area contributed by atoms with Crippen LogP contribution in [0.1, 0.15) is 18.1 Å². The molecule has 2 rings (SSSR count). The van der Waals surface area contributed by atoms with Gasteiger partial charge >= 0.3 is 5.97 Å². The molecule has 4 heteroatoms. The Labute approximate surface area is 100 Å². The van der Waals surface area contributed by atoms with Gasteiger partial charge in [0.25, 0.3) is 0 Å². The van der Waals surface area contributed by atoms with E-state index in [9.17, 15) is 4.79 Å². The highest BCUT2D eigenvalue weighted by Crippen LogP contribution is 2.26. The van der Waals surface area contributed by atoms with Gasteiger partial charge in [-0.25, -0.2) is 4.79 Å². The SMILES string of the molecule is CCOC(=O)/C(N)=C/c1ccc2c(c1)OCC2. The van der Waals surface area contributed by atoms with Crippen molar-refractivity contribution in [3.05, 3.63) is 35.0 Å². The Morgan fingerprint density at radius 3 is 3.18 bits per heavy atom. The third-order valence-corrected chi connectivity index (χ3v) is 2.55. The molecule has 0 fully saturated rings. The van der Waals surface area contributed by atoms with Gasteiger partial charge in [0.05, 0.1) is 13.2 Å². The molecule has 0 unspecified atom stereocenters. The molecule has 4 nitrogen and oxygen atoms in total. The third kappa shape index (κ3) is 2.58. The summed E-state index contributed by atoms with van der Waals surface area (Å²) >= 11 is 0. The number of rotatable bonds is 3. The molecule has 1 aliphatic heterocycles. The van der Waals surface area contributed by atoms with Gasteiger partial charge in [-0.05, 0) is 30.2 Å². The largest absolute Gasteiger partial charge is 0.493 e. The first kappa shape index (κ1) is 11.5. The third-order valence-electron chi connectivity index (χ3n) is 2.55. The number of hydrogen-bond donors (Lipinski definition) is 1. The van der Waals surface area contributed by atoms with E-state index >= 15 is 0 Å². The predicted molar refractivity (Wildman–Crippen MR) is 64.4 cm³/mol. The van der Waals surface area contributed by atoms with Crippen molar-refractivity contribution in [3.63, 3.8) is 0 Å². The van der Waals surface area contributed by atoms with Crippen molar-refractivity contribution in [2.45, 2.75) is 13.3 Å². The van der Waals surface area contributed by atoms with Crippen LogP contribution in [0.5, 0.6) is 5.75 Å². The fourth-order valence-electron chi connectivity index (χ4n) is 1.73. The van der Waals surface area contributed by atoms with E-state index in [4.69, 9.17) is 15.2 Å². The Hall–Kier alpha value is -1.97. The fourth-order valence-corrected chi connectivity index (χ4v) is 1.73. The van der Waals surface area contributed by atoms with Crippen molar-refractivity contribution in [1.82, 2.24) is 0 Å². The normalized spacial score (nSPS) is 14.1. The van der Waals surface area contributed by atoms with Crippen LogP contribution in [0.4, 0.5) is 0 Å². The molecule has 0 saturated heterocycles. The molecule has 1 heterocycles. The first-order chi connectivity index (χ1) is 8.20. The van der Waals surface area contributed by atoms with Gasteiger partial charge in [-0.1, -0.05) is 12.1 Å². The van der Waals surface area contributed by atoms with Gasteiger partial charge in [-0.2, -0.15) is 0 Å². The lowest BCUT2D eigenvalue weighted by Gasteiger charge is -2.03. The van der Waals surface area contributed by atoms with Gasteiger partial charge in [-0.3, -0.25) is 0 Å². The minimum absolute atomic E-state index is 0.102. The summed E-state index contributed by atoms with van der Waals surface area (Å²) in [5.41, 5.74) is 7.76. The molecule has 2 N–H and O–H groups in total. The van der Waals surface area contributed by atoms with Gasteiger partial charge < -0.3 is 15.2 Å². The Balaban J connectivity index is 2.18. The molecular weight excluding hydrogens is 218 g/mol. The van der Waals surface area contributed by atoms with Gasteiger partial charge in [-0.15, -0.1) is 0 Å². The quantitative estimate of drug-likeness (QED) is 0.634.